The maximum atomic E-state index is 12.5. The van der Waals surface area contributed by atoms with Gasteiger partial charge in [0.15, 0.2) is 0 Å². The molecule has 1 saturated heterocycles. The highest BCUT2D eigenvalue weighted by atomic mass is 35.5. The molecule has 1 fully saturated rings. The van der Waals surface area contributed by atoms with Crippen molar-refractivity contribution in [3.8, 4) is 0 Å². The van der Waals surface area contributed by atoms with Gasteiger partial charge < -0.3 is 0 Å². The van der Waals surface area contributed by atoms with E-state index in [2.05, 4.69) is 10.9 Å². The summed E-state index contributed by atoms with van der Waals surface area (Å²) in [6, 6.07) is 10.6. The van der Waals surface area contributed by atoms with E-state index in [1.54, 1.807) is 12.1 Å². The third-order valence-electron chi connectivity index (χ3n) is 3.94. The van der Waals surface area contributed by atoms with Gasteiger partial charge in [-0.05, 0) is 30.3 Å². The van der Waals surface area contributed by atoms with Crippen LogP contribution in [-0.4, -0.2) is 28.7 Å². The number of hydrogen-bond acceptors (Lipinski definition) is 6. The molecule has 0 aromatic heterocycles. The monoisotopic (exact) mass is 388 g/mol. The van der Waals surface area contributed by atoms with Crippen LogP contribution < -0.4 is 15.8 Å². The molecule has 2 aromatic carbocycles. The van der Waals surface area contributed by atoms with Crippen molar-refractivity contribution >= 4 is 40.7 Å². The Morgan fingerprint density at radius 2 is 1.81 bits per heavy atom. The minimum Gasteiger partial charge on any atom is -0.286 e. The molecule has 2 N–H and O–H groups in total. The molecule has 0 radical (unpaired) electrons. The molecule has 0 saturated carbocycles. The van der Waals surface area contributed by atoms with E-state index in [-0.39, 0.29) is 17.7 Å². The van der Waals surface area contributed by atoms with Crippen molar-refractivity contribution in [2.24, 2.45) is 0 Å². The average Bonchev–Trinajstić information content (AvgIpc) is 2.94. The number of para-hydroxylation sites is 1. The Balaban J connectivity index is 1.70. The molecule has 0 bridgehead atoms. The quantitative estimate of drug-likeness (QED) is 0.457. The molecule has 1 atom stereocenters. The van der Waals surface area contributed by atoms with Crippen molar-refractivity contribution in [2.75, 3.05) is 4.90 Å². The van der Waals surface area contributed by atoms with E-state index in [4.69, 9.17) is 11.6 Å². The SMILES string of the molecule is O=C(NNC1CC(=O)N(c2ccc(Cl)cc2)C1=O)c1ccccc1[N+](=O)[O-]. The van der Waals surface area contributed by atoms with Gasteiger partial charge in [-0.25, -0.2) is 10.3 Å². The largest absolute Gasteiger partial charge is 0.286 e. The lowest BCUT2D eigenvalue weighted by Crippen LogP contribution is -2.48. The van der Waals surface area contributed by atoms with Crippen LogP contribution in [0.4, 0.5) is 11.4 Å². The van der Waals surface area contributed by atoms with Crippen molar-refractivity contribution in [2.45, 2.75) is 12.5 Å². The first-order valence-corrected chi connectivity index (χ1v) is 8.18. The Hall–Kier alpha value is -3.30. The molecule has 2 aromatic rings. The van der Waals surface area contributed by atoms with E-state index < -0.39 is 28.7 Å². The molecule has 138 valence electrons. The van der Waals surface area contributed by atoms with Crippen LogP contribution in [0.5, 0.6) is 0 Å². The molecule has 27 heavy (non-hydrogen) atoms. The predicted octanol–water partition coefficient (Wildman–Crippen LogP) is 1.81. The number of nitro groups is 1. The number of imide groups is 1. The number of nitro benzene ring substituents is 1. The van der Waals surface area contributed by atoms with Gasteiger partial charge >= 0.3 is 0 Å². The van der Waals surface area contributed by atoms with E-state index in [0.29, 0.717) is 10.7 Å². The van der Waals surface area contributed by atoms with Gasteiger partial charge in [-0.3, -0.25) is 29.9 Å². The summed E-state index contributed by atoms with van der Waals surface area (Å²) in [7, 11) is 0. The van der Waals surface area contributed by atoms with E-state index in [1.807, 2.05) is 0 Å². The van der Waals surface area contributed by atoms with Crippen LogP contribution in [0.1, 0.15) is 16.8 Å². The normalized spacial score (nSPS) is 16.5. The number of nitrogens with zero attached hydrogens (tertiary/aromatic N) is 2. The standard InChI is InChI=1S/C17H13ClN4O5/c18-10-5-7-11(8-6-10)21-15(23)9-13(17(21)25)19-20-16(24)12-3-1-2-4-14(12)22(26)27/h1-8,13,19H,9H2,(H,20,24). The van der Waals surface area contributed by atoms with Crippen LogP contribution in [0.15, 0.2) is 48.5 Å². The fourth-order valence-corrected chi connectivity index (χ4v) is 2.78. The molecular weight excluding hydrogens is 376 g/mol. The number of halogens is 1. The Morgan fingerprint density at radius 3 is 2.48 bits per heavy atom. The minimum atomic E-state index is -0.986. The Labute approximate surface area is 158 Å². The third kappa shape index (κ3) is 3.78. The van der Waals surface area contributed by atoms with Crippen molar-refractivity contribution in [1.82, 2.24) is 10.9 Å². The highest BCUT2D eigenvalue weighted by molar-refractivity contribution is 6.30. The Bertz CT molecular complexity index is 931. The summed E-state index contributed by atoms with van der Waals surface area (Å²) in [6.45, 7) is 0. The fraction of sp³-hybridized carbons (Fsp3) is 0.118. The van der Waals surface area contributed by atoms with E-state index in [9.17, 15) is 24.5 Å². The zero-order valence-corrected chi connectivity index (χ0v) is 14.5. The number of rotatable bonds is 5. The number of nitrogens with one attached hydrogen (secondary N) is 2. The van der Waals surface area contributed by atoms with Crippen LogP contribution in [0.2, 0.25) is 5.02 Å². The van der Waals surface area contributed by atoms with Crippen LogP contribution in [-0.2, 0) is 9.59 Å². The lowest BCUT2D eigenvalue weighted by atomic mass is 10.2. The maximum absolute atomic E-state index is 12.5. The molecular formula is C17H13ClN4O5. The molecule has 3 rings (SSSR count). The second kappa shape index (κ2) is 7.52. The van der Waals surface area contributed by atoms with Gasteiger partial charge in [-0.1, -0.05) is 23.7 Å². The highest BCUT2D eigenvalue weighted by Crippen LogP contribution is 2.24. The zero-order chi connectivity index (χ0) is 19.6. The van der Waals surface area contributed by atoms with Gasteiger partial charge in [0.25, 0.3) is 17.5 Å². The van der Waals surface area contributed by atoms with Gasteiger partial charge in [0.2, 0.25) is 5.91 Å². The summed E-state index contributed by atoms with van der Waals surface area (Å²) < 4.78 is 0. The second-order valence-electron chi connectivity index (χ2n) is 5.67. The maximum Gasteiger partial charge on any atom is 0.282 e. The topological polar surface area (TPSA) is 122 Å². The number of amides is 3. The van der Waals surface area contributed by atoms with Crippen molar-refractivity contribution < 1.29 is 19.3 Å². The van der Waals surface area contributed by atoms with Gasteiger partial charge in [0, 0.05) is 11.1 Å². The van der Waals surface area contributed by atoms with Crippen molar-refractivity contribution in [1.29, 1.82) is 0 Å². The van der Waals surface area contributed by atoms with Gasteiger partial charge in [0.1, 0.15) is 11.6 Å². The number of benzene rings is 2. The summed E-state index contributed by atoms with van der Waals surface area (Å²) in [4.78, 5) is 48.2. The third-order valence-corrected chi connectivity index (χ3v) is 4.19. The zero-order valence-electron chi connectivity index (χ0n) is 13.7. The smallest absolute Gasteiger partial charge is 0.282 e. The molecule has 3 amide bonds. The second-order valence-corrected chi connectivity index (χ2v) is 6.11. The summed E-state index contributed by atoms with van der Waals surface area (Å²) >= 11 is 5.80. The molecule has 9 nitrogen and oxygen atoms in total. The minimum absolute atomic E-state index is 0.165. The average molecular weight is 389 g/mol. The van der Waals surface area contributed by atoms with Gasteiger partial charge in [-0.15, -0.1) is 0 Å². The molecule has 1 aliphatic heterocycles. The summed E-state index contributed by atoms with van der Waals surface area (Å²) in [5.41, 5.74) is 4.56. The molecule has 1 aliphatic rings. The van der Waals surface area contributed by atoms with Crippen molar-refractivity contribution in [3.05, 3.63) is 69.2 Å². The lowest BCUT2D eigenvalue weighted by Gasteiger charge is -2.16. The number of hydrazine groups is 1. The van der Waals surface area contributed by atoms with E-state index >= 15 is 0 Å². The van der Waals surface area contributed by atoms with Crippen LogP contribution in [0.3, 0.4) is 0 Å². The number of carbonyl (C=O) groups is 3. The van der Waals surface area contributed by atoms with Crippen molar-refractivity contribution in [3.63, 3.8) is 0 Å². The lowest BCUT2D eigenvalue weighted by molar-refractivity contribution is -0.385. The van der Waals surface area contributed by atoms with Crippen LogP contribution in [0.25, 0.3) is 0 Å². The summed E-state index contributed by atoms with van der Waals surface area (Å²) in [6.07, 6.45) is -0.168. The fourth-order valence-electron chi connectivity index (χ4n) is 2.65. The highest BCUT2D eigenvalue weighted by Gasteiger charge is 2.39. The van der Waals surface area contributed by atoms with E-state index in [1.165, 1.54) is 36.4 Å². The number of carbonyl (C=O) groups excluding carboxylic acids is 3. The summed E-state index contributed by atoms with van der Waals surface area (Å²) in [5, 5.41) is 11.5. The first-order chi connectivity index (χ1) is 12.9. The molecule has 0 spiro atoms. The summed E-state index contributed by atoms with van der Waals surface area (Å²) in [5.74, 6) is -1.78. The van der Waals surface area contributed by atoms with Crippen LogP contribution in [0, 0.1) is 10.1 Å². The molecule has 10 heteroatoms. The number of hydrogen-bond donors (Lipinski definition) is 2. The number of anilines is 1. The Morgan fingerprint density at radius 1 is 1.15 bits per heavy atom. The van der Waals surface area contributed by atoms with Gasteiger partial charge in [-0.2, -0.15) is 0 Å². The molecule has 0 aliphatic carbocycles. The molecule has 1 heterocycles. The first kappa shape index (κ1) is 18.5. The van der Waals surface area contributed by atoms with E-state index in [0.717, 1.165) is 4.90 Å². The first-order valence-electron chi connectivity index (χ1n) is 7.80. The van der Waals surface area contributed by atoms with Gasteiger partial charge in [0.05, 0.1) is 17.0 Å². The Kier molecular flexibility index (Phi) is 5.15. The molecule has 1 unspecified atom stereocenters. The predicted molar refractivity (Wildman–Crippen MR) is 96.0 cm³/mol. The van der Waals surface area contributed by atoms with Crippen LogP contribution >= 0.6 is 11.6 Å².